The number of aliphatic carboxylic acids is 1. The molecule has 0 aromatic heterocycles. The normalized spacial score (nSPS) is 20.6. The minimum absolute atomic E-state index is 0.140. The van der Waals surface area contributed by atoms with Gasteiger partial charge in [0.25, 0.3) is 0 Å². The van der Waals surface area contributed by atoms with Crippen LogP contribution in [0.25, 0.3) is 0 Å². The third kappa shape index (κ3) is 6.93. The number of nitrogens with zero attached hydrogens (tertiary/aromatic N) is 1. The first-order chi connectivity index (χ1) is 9.90. The highest BCUT2D eigenvalue weighted by molar-refractivity contribution is 5.76. The summed E-state index contributed by atoms with van der Waals surface area (Å²) >= 11 is 0. The molecule has 5 heteroatoms. The number of carboxylic acid groups (broad SMARTS) is 1. The summed E-state index contributed by atoms with van der Waals surface area (Å²) in [6.07, 6.45) is 3.67. The van der Waals surface area contributed by atoms with Crippen LogP contribution in [0.2, 0.25) is 0 Å². The van der Waals surface area contributed by atoms with E-state index in [-0.39, 0.29) is 18.2 Å². The van der Waals surface area contributed by atoms with Gasteiger partial charge in [-0.1, -0.05) is 20.8 Å². The monoisotopic (exact) mass is 298 g/mol. The molecule has 0 aliphatic carbocycles. The summed E-state index contributed by atoms with van der Waals surface area (Å²) in [6.45, 7) is 8.61. The Balaban J connectivity index is 2.34. The Hall–Kier alpha value is -1.10. The highest BCUT2D eigenvalue weighted by Crippen LogP contribution is 2.26. The number of rotatable bonds is 8. The fourth-order valence-corrected chi connectivity index (χ4v) is 2.93. The van der Waals surface area contributed by atoms with Gasteiger partial charge in [0, 0.05) is 32.0 Å². The molecule has 1 heterocycles. The molecule has 1 fully saturated rings. The second-order valence-electron chi connectivity index (χ2n) is 6.53. The van der Waals surface area contributed by atoms with Gasteiger partial charge in [0.05, 0.1) is 0 Å². The second-order valence-corrected chi connectivity index (χ2v) is 6.53. The number of carboxylic acids is 1. The molecule has 1 saturated heterocycles. The lowest BCUT2D eigenvalue weighted by molar-refractivity contribution is -0.138. The van der Waals surface area contributed by atoms with Gasteiger partial charge in [-0.2, -0.15) is 0 Å². The summed E-state index contributed by atoms with van der Waals surface area (Å²) in [7, 11) is 0. The standard InChI is InChI=1S/C16H30N2O3/c1-12(2)17-8-4-7-15(19)18-9-5-6-14(11-18)13(3)10-16(20)21/h12-14,17H,4-11H2,1-3H3,(H,20,21). The molecular weight excluding hydrogens is 268 g/mol. The predicted octanol–water partition coefficient (Wildman–Crippen LogP) is 2.11. The van der Waals surface area contributed by atoms with Gasteiger partial charge in [-0.05, 0) is 37.6 Å². The van der Waals surface area contributed by atoms with E-state index in [1.807, 2.05) is 11.8 Å². The van der Waals surface area contributed by atoms with Gasteiger partial charge in [-0.25, -0.2) is 0 Å². The third-order valence-corrected chi connectivity index (χ3v) is 4.23. The quantitative estimate of drug-likeness (QED) is 0.673. The molecule has 1 aliphatic rings. The Morgan fingerprint density at radius 1 is 1.33 bits per heavy atom. The van der Waals surface area contributed by atoms with E-state index in [0.29, 0.717) is 18.4 Å². The molecule has 0 radical (unpaired) electrons. The third-order valence-electron chi connectivity index (χ3n) is 4.23. The molecule has 122 valence electrons. The van der Waals surface area contributed by atoms with Crippen LogP contribution in [-0.4, -0.2) is 47.6 Å². The van der Waals surface area contributed by atoms with Crippen LogP contribution in [0, 0.1) is 11.8 Å². The summed E-state index contributed by atoms with van der Waals surface area (Å²) < 4.78 is 0. The Morgan fingerprint density at radius 2 is 2.05 bits per heavy atom. The lowest BCUT2D eigenvalue weighted by Gasteiger charge is -2.35. The zero-order valence-electron chi connectivity index (χ0n) is 13.6. The maximum absolute atomic E-state index is 12.2. The molecule has 2 N–H and O–H groups in total. The molecule has 0 saturated carbocycles. The highest BCUT2D eigenvalue weighted by Gasteiger charge is 2.27. The van der Waals surface area contributed by atoms with Crippen LogP contribution in [0.5, 0.6) is 0 Å². The van der Waals surface area contributed by atoms with Crippen LogP contribution >= 0.6 is 0 Å². The average molecular weight is 298 g/mol. The van der Waals surface area contributed by atoms with Gasteiger partial charge in [-0.15, -0.1) is 0 Å². The van der Waals surface area contributed by atoms with Crippen molar-refractivity contribution in [2.75, 3.05) is 19.6 Å². The zero-order chi connectivity index (χ0) is 15.8. The first-order valence-corrected chi connectivity index (χ1v) is 8.13. The molecule has 5 nitrogen and oxygen atoms in total. The topological polar surface area (TPSA) is 69.6 Å². The van der Waals surface area contributed by atoms with E-state index in [1.165, 1.54) is 0 Å². The van der Waals surface area contributed by atoms with Crippen LogP contribution in [0.3, 0.4) is 0 Å². The van der Waals surface area contributed by atoms with Crippen molar-refractivity contribution in [3.8, 4) is 0 Å². The van der Waals surface area contributed by atoms with Gasteiger partial charge in [0.15, 0.2) is 0 Å². The van der Waals surface area contributed by atoms with Gasteiger partial charge in [-0.3, -0.25) is 9.59 Å². The summed E-state index contributed by atoms with van der Waals surface area (Å²) in [5.41, 5.74) is 0. The fourth-order valence-electron chi connectivity index (χ4n) is 2.93. The van der Waals surface area contributed by atoms with Gasteiger partial charge in [0.1, 0.15) is 0 Å². The van der Waals surface area contributed by atoms with E-state index in [0.717, 1.165) is 38.9 Å². The lowest BCUT2D eigenvalue weighted by atomic mass is 9.84. The molecule has 0 spiro atoms. The van der Waals surface area contributed by atoms with Crippen LogP contribution in [0.4, 0.5) is 0 Å². The molecule has 1 amide bonds. The van der Waals surface area contributed by atoms with E-state index >= 15 is 0 Å². The van der Waals surface area contributed by atoms with Crippen LogP contribution in [0.1, 0.15) is 52.9 Å². The summed E-state index contributed by atoms with van der Waals surface area (Å²) in [6, 6.07) is 0.455. The molecule has 2 unspecified atom stereocenters. The molecule has 2 atom stereocenters. The van der Waals surface area contributed by atoms with Crippen LogP contribution in [-0.2, 0) is 9.59 Å². The van der Waals surface area contributed by atoms with Crippen molar-refractivity contribution in [2.45, 2.75) is 58.9 Å². The van der Waals surface area contributed by atoms with Gasteiger partial charge in [0.2, 0.25) is 5.91 Å². The molecule has 1 aliphatic heterocycles. The fraction of sp³-hybridized carbons (Fsp3) is 0.875. The average Bonchev–Trinajstić information content (AvgIpc) is 2.42. The Labute approximate surface area is 128 Å². The highest BCUT2D eigenvalue weighted by atomic mass is 16.4. The predicted molar refractivity (Wildman–Crippen MR) is 83.1 cm³/mol. The maximum atomic E-state index is 12.2. The van der Waals surface area contributed by atoms with Crippen molar-refractivity contribution in [2.24, 2.45) is 11.8 Å². The molecule has 1 rings (SSSR count). The van der Waals surface area contributed by atoms with Crippen molar-refractivity contribution in [1.29, 1.82) is 0 Å². The second kappa shape index (κ2) is 9.03. The molecule has 0 bridgehead atoms. The molecule has 0 aromatic carbocycles. The van der Waals surface area contributed by atoms with E-state index in [1.54, 1.807) is 0 Å². The van der Waals surface area contributed by atoms with Crippen molar-refractivity contribution in [3.63, 3.8) is 0 Å². The zero-order valence-corrected chi connectivity index (χ0v) is 13.6. The first-order valence-electron chi connectivity index (χ1n) is 8.13. The van der Waals surface area contributed by atoms with E-state index < -0.39 is 5.97 Å². The summed E-state index contributed by atoms with van der Waals surface area (Å²) in [5, 5.41) is 12.2. The Morgan fingerprint density at radius 3 is 2.67 bits per heavy atom. The SMILES string of the molecule is CC(C)NCCCC(=O)N1CCCC(C(C)CC(=O)O)C1. The Kier molecular flexibility index (Phi) is 7.72. The number of carbonyl (C=O) groups excluding carboxylic acids is 1. The first kappa shape index (κ1) is 18.0. The number of amides is 1. The number of likely N-dealkylation sites (tertiary alicyclic amines) is 1. The largest absolute Gasteiger partial charge is 0.481 e. The number of carbonyl (C=O) groups is 2. The van der Waals surface area contributed by atoms with Crippen molar-refractivity contribution >= 4 is 11.9 Å². The minimum atomic E-state index is -0.745. The van der Waals surface area contributed by atoms with E-state index in [4.69, 9.17) is 5.11 Å². The summed E-state index contributed by atoms with van der Waals surface area (Å²) in [4.78, 5) is 25.0. The Bertz CT molecular complexity index is 344. The summed E-state index contributed by atoms with van der Waals surface area (Å²) in [5.74, 6) is -0.0632. The van der Waals surface area contributed by atoms with Crippen molar-refractivity contribution in [1.82, 2.24) is 10.2 Å². The number of hydrogen-bond acceptors (Lipinski definition) is 3. The van der Waals surface area contributed by atoms with Crippen LogP contribution < -0.4 is 5.32 Å². The molecule has 0 aromatic rings. The van der Waals surface area contributed by atoms with Crippen molar-refractivity contribution in [3.05, 3.63) is 0 Å². The number of piperidine rings is 1. The minimum Gasteiger partial charge on any atom is -0.481 e. The molecular formula is C16H30N2O3. The molecule has 21 heavy (non-hydrogen) atoms. The van der Waals surface area contributed by atoms with Crippen molar-refractivity contribution < 1.29 is 14.7 Å². The van der Waals surface area contributed by atoms with E-state index in [9.17, 15) is 9.59 Å². The van der Waals surface area contributed by atoms with E-state index in [2.05, 4.69) is 19.2 Å². The number of nitrogens with one attached hydrogen (secondary N) is 1. The maximum Gasteiger partial charge on any atom is 0.303 e. The smallest absolute Gasteiger partial charge is 0.303 e. The van der Waals surface area contributed by atoms with Gasteiger partial charge < -0.3 is 15.3 Å². The number of hydrogen-bond donors (Lipinski definition) is 2. The van der Waals surface area contributed by atoms with Crippen LogP contribution in [0.15, 0.2) is 0 Å². The lowest BCUT2D eigenvalue weighted by Crippen LogP contribution is -2.42. The van der Waals surface area contributed by atoms with Gasteiger partial charge >= 0.3 is 5.97 Å².